The van der Waals surface area contributed by atoms with Gasteiger partial charge < -0.3 is 15.4 Å². The number of hydrogen-bond acceptors (Lipinski definition) is 6. The summed E-state index contributed by atoms with van der Waals surface area (Å²) in [6, 6.07) is 14.8. The Labute approximate surface area is 165 Å². The van der Waals surface area contributed by atoms with E-state index in [-0.39, 0.29) is 12.3 Å². The third kappa shape index (κ3) is 5.27. The predicted molar refractivity (Wildman–Crippen MR) is 107 cm³/mol. The summed E-state index contributed by atoms with van der Waals surface area (Å²) in [6.45, 7) is -0.391. The van der Waals surface area contributed by atoms with Crippen LogP contribution >= 0.6 is 23.5 Å². The number of fused-ring (bicyclic) bond motifs is 1. The zero-order chi connectivity index (χ0) is 19.2. The van der Waals surface area contributed by atoms with Crippen LogP contribution in [0.25, 0.3) is 0 Å². The van der Waals surface area contributed by atoms with Crippen molar-refractivity contribution >= 4 is 52.7 Å². The number of benzene rings is 2. The summed E-state index contributed by atoms with van der Waals surface area (Å²) < 4.78 is 5.02. The summed E-state index contributed by atoms with van der Waals surface area (Å²) in [5.74, 6) is -1.25. The van der Waals surface area contributed by atoms with E-state index in [4.69, 9.17) is 4.74 Å². The largest absolute Gasteiger partial charge is 0.456 e. The number of carbonyl (C=O) groups is 3. The molecule has 1 aliphatic heterocycles. The van der Waals surface area contributed by atoms with E-state index in [1.54, 1.807) is 17.8 Å². The highest BCUT2D eigenvalue weighted by atomic mass is 32.2. The number of hydrogen-bond donors (Lipinski definition) is 2. The van der Waals surface area contributed by atoms with Crippen LogP contribution in [0.3, 0.4) is 0 Å². The number of nitrogens with one attached hydrogen (secondary N) is 2. The fraction of sp³-hybridized carbons (Fsp3) is 0.211. The van der Waals surface area contributed by atoms with Gasteiger partial charge in [0, 0.05) is 15.5 Å². The Balaban J connectivity index is 1.48. The zero-order valence-corrected chi connectivity index (χ0v) is 16.2. The molecule has 0 bridgehead atoms. The summed E-state index contributed by atoms with van der Waals surface area (Å²) in [7, 11) is 0. The molecule has 140 valence electrons. The quantitative estimate of drug-likeness (QED) is 0.569. The topological polar surface area (TPSA) is 84.5 Å². The Morgan fingerprint density at radius 1 is 1.22 bits per heavy atom. The zero-order valence-electron chi connectivity index (χ0n) is 14.6. The number of para-hydroxylation sites is 1. The molecule has 1 aliphatic rings. The van der Waals surface area contributed by atoms with E-state index in [1.807, 2.05) is 48.7 Å². The van der Waals surface area contributed by atoms with Gasteiger partial charge in [-0.2, -0.15) is 0 Å². The van der Waals surface area contributed by atoms with Crippen LogP contribution in [0.4, 0.5) is 11.4 Å². The lowest BCUT2D eigenvalue weighted by molar-refractivity contribution is -0.147. The molecule has 0 radical (unpaired) electrons. The van der Waals surface area contributed by atoms with Crippen LogP contribution in [0.2, 0.25) is 0 Å². The molecule has 0 saturated carbocycles. The Kier molecular flexibility index (Phi) is 6.41. The second-order valence-electron chi connectivity index (χ2n) is 5.74. The molecule has 0 saturated heterocycles. The average molecular weight is 402 g/mol. The van der Waals surface area contributed by atoms with Crippen molar-refractivity contribution in [3.63, 3.8) is 0 Å². The Hall–Kier alpha value is -2.45. The first-order valence-electron chi connectivity index (χ1n) is 8.21. The third-order valence-electron chi connectivity index (χ3n) is 3.78. The molecule has 2 N–H and O–H groups in total. The first-order chi connectivity index (χ1) is 13.0. The fourth-order valence-corrected chi connectivity index (χ4v) is 4.04. The van der Waals surface area contributed by atoms with Crippen molar-refractivity contribution < 1.29 is 19.1 Å². The maximum absolute atomic E-state index is 12.1. The molecule has 27 heavy (non-hydrogen) atoms. The van der Waals surface area contributed by atoms with Crippen molar-refractivity contribution in [3.8, 4) is 0 Å². The van der Waals surface area contributed by atoms with Crippen molar-refractivity contribution in [2.45, 2.75) is 21.5 Å². The Bertz CT molecular complexity index is 872. The van der Waals surface area contributed by atoms with Gasteiger partial charge in [-0.15, -0.1) is 23.5 Å². The van der Waals surface area contributed by atoms with E-state index in [2.05, 4.69) is 10.6 Å². The van der Waals surface area contributed by atoms with Crippen LogP contribution in [-0.2, 0) is 19.1 Å². The van der Waals surface area contributed by atoms with Gasteiger partial charge in [0.2, 0.25) is 5.91 Å². The molecule has 2 aromatic rings. The van der Waals surface area contributed by atoms with Crippen LogP contribution in [-0.4, -0.2) is 35.9 Å². The molecule has 0 aromatic heterocycles. The molecular formula is C19H18N2O4S2. The van der Waals surface area contributed by atoms with Crippen molar-refractivity contribution in [2.24, 2.45) is 0 Å². The Morgan fingerprint density at radius 3 is 2.85 bits per heavy atom. The van der Waals surface area contributed by atoms with Gasteiger partial charge in [0.05, 0.1) is 17.4 Å². The molecule has 8 heteroatoms. The molecule has 2 amide bonds. The number of thioether (sulfide) groups is 2. The molecule has 0 spiro atoms. The monoisotopic (exact) mass is 402 g/mol. The van der Waals surface area contributed by atoms with Gasteiger partial charge in [0.25, 0.3) is 5.91 Å². The highest BCUT2D eigenvalue weighted by Crippen LogP contribution is 2.36. The molecule has 3 rings (SSSR count). The van der Waals surface area contributed by atoms with Crippen molar-refractivity contribution in [3.05, 3.63) is 48.5 Å². The van der Waals surface area contributed by atoms with Crippen LogP contribution in [0.1, 0.15) is 6.42 Å². The number of amides is 2. The van der Waals surface area contributed by atoms with Gasteiger partial charge in [-0.3, -0.25) is 14.4 Å². The van der Waals surface area contributed by atoms with Crippen molar-refractivity contribution in [2.75, 3.05) is 23.5 Å². The lowest BCUT2D eigenvalue weighted by Gasteiger charge is -2.23. The minimum atomic E-state index is -0.588. The molecule has 2 aromatic carbocycles. The summed E-state index contributed by atoms with van der Waals surface area (Å²) in [5.41, 5.74) is 1.38. The molecule has 6 nitrogen and oxygen atoms in total. The Morgan fingerprint density at radius 2 is 2.04 bits per heavy atom. The number of ether oxygens (including phenoxy) is 1. The van der Waals surface area contributed by atoms with Crippen LogP contribution in [0.5, 0.6) is 0 Å². The number of rotatable bonds is 6. The van der Waals surface area contributed by atoms with Gasteiger partial charge in [0.1, 0.15) is 0 Å². The van der Waals surface area contributed by atoms with Gasteiger partial charge in [-0.05, 0) is 36.6 Å². The second-order valence-corrected chi connectivity index (χ2v) is 7.86. The lowest BCUT2D eigenvalue weighted by Crippen LogP contribution is -2.32. The van der Waals surface area contributed by atoms with Crippen LogP contribution < -0.4 is 10.6 Å². The highest BCUT2D eigenvalue weighted by molar-refractivity contribution is 8.01. The predicted octanol–water partition coefficient (Wildman–Crippen LogP) is 3.39. The minimum Gasteiger partial charge on any atom is -0.456 e. The first-order valence-corrected chi connectivity index (χ1v) is 10.3. The summed E-state index contributed by atoms with van der Waals surface area (Å²) in [6.07, 6.45) is 1.85. The van der Waals surface area contributed by atoms with Gasteiger partial charge in [0.15, 0.2) is 6.61 Å². The minimum absolute atomic E-state index is 0.0971. The standard InChI is InChI=1S/C19H18N2O4S2/c1-26-13-6-4-5-12(9-13)20-17(22)11-25-18(23)10-16-19(24)21-14-7-2-3-8-15(14)27-16/h2-9,16H,10-11H2,1H3,(H,20,22)(H,21,24)/t16-/m1/s1. The van der Waals surface area contributed by atoms with E-state index in [0.717, 1.165) is 15.5 Å². The smallest absolute Gasteiger partial charge is 0.307 e. The molecule has 0 fully saturated rings. The van der Waals surface area contributed by atoms with E-state index in [0.29, 0.717) is 5.69 Å². The highest BCUT2D eigenvalue weighted by Gasteiger charge is 2.29. The maximum Gasteiger partial charge on any atom is 0.307 e. The number of carbonyl (C=O) groups excluding carboxylic acids is 3. The molecule has 1 heterocycles. The number of esters is 1. The van der Waals surface area contributed by atoms with Gasteiger partial charge >= 0.3 is 5.97 Å². The van der Waals surface area contributed by atoms with E-state index in [9.17, 15) is 14.4 Å². The van der Waals surface area contributed by atoms with Gasteiger partial charge in [-0.1, -0.05) is 18.2 Å². The van der Waals surface area contributed by atoms with E-state index in [1.165, 1.54) is 11.8 Å². The maximum atomic E-state index is 12.1. The fourth-order valence-electron chi connectivity index (χ4n) is 2.48. The summed E-state index contributed by atoms with van der Waals surface area (Å²) in [4.78, 5) is 38.0. The molecule has 0 unspecified atom stereocenters. The van der Waals surface area contributed by atoms with Crippen LogP contribution in [0, 0.1) is 0 Å². The first kappa shape index (κ1) is 19.3. The van der Waals surface area contributed by atoms with E-state index < -0.39 is 23.7 Å². The normalized spacial score (nSPS) is 15.4. The van der Waals surface area contributed by atoms with Crippen molar-refractivity contribution in [1.29, 1.82) is 0 Å². The van der Waals surface area contributed by atoms with Crippen molar-refractivity contribution in [1.82, 2.24) is 0 Å². The SMILES string of the molecule is CSc1cccc(NC(=O)COC(=O)C[C@H]2Sc3ccccc3NC2=O)c1. The number of anilines is 2. The molecule has 1 atom stereocenters. The summed E-state index contributed by atoms with van der Waals surface area (Å²) >= 11 is 2.88. The molecular weight excluding hydrogens is 384 g/mol. The van der Waals surface area contributed by atoms with Gasteiger partial charge in [-0.25, -0.2) is 0 Å². The average Bonchev–Trinajstić information content (AvgIpc) is 2.67. The summed E-state index contributed by atoms with van der Waals surface area (Å²) in [5, 5.41) is 4.88. The molecule has 0 aliphatic carbocycles. The second kappa shape index (κ2) is 8.96. The third-order valence-corrected chi connectivity index (χ3v) is 5.78. The van der Waals surface area contributed by atoms with Crippen LogP contribution in [0.15, 0.2) is 58.3 Å². The van der Waals surface area contributed by atoms with E-state index >= 15 is 0 Å². The lowest BCUT2D eigenvalue weighted by atomic mass is 10.2.